The molecule has 2 aromatic rings. The third kappa shape index (κ3) is 2.84. The van der Waals surface area contributed by atoms with Crippen molar-refractivity contribution in [2.45, 2.75) is 26.7 Å². The van der Waals surface area contributed by atoms with Crippen LogP contribution >= 0.6 is 0 Å². The van der Waals surface area contributed by atoms with Gasteiger partial charge in [0.1, 0.15) is 11.3 Å². The lowest BCUT2D eigenvalue weighted by atomic mass is 10.0. The zero-order valence-corrected chi connectivity index (χ0v) is 13.1. The number of anilines is 1. The number of amides is 1. The quantitative estimate of drug-likeness (QED) is 0.942. The Kier molecular flexibility index (Phi) is 4.13. The van der Waals surface area contributed by atoms with Crippen molar-refractivity contribution >= 4 is 11.6 Å². The Balaban J connectivity index is 1.59. The molecule has 1 aliphatic heterocycles. The number of hydrogen-bond donors (Lipinski definition) is 1. The number of carbonyl (C=O) groups excluding carboxylic acids is 1. The van der Waals surface area contributed by atoms with Crippen LogP contribution in [-0.2, 0) is 6.42 Å². The Hall–Kier alpha value is -2.30. The van der Waals surface area contributed by atoms with Crippen molar-refractivity contribution in [3.8, 4) is 0 Å². The summed E-state index contributed by atoms with van der Waals surface area (Å²) in [4.78, 5) is 14.5. The highest BCUT2D eigenvalue weighted by Crippen LogP contribution is 2.26. The van der Waals surface area contributed by atoms with Gasteiger partial charge in [-0.25, -0.2) is 0 Å². The molecule has 1 N–H and O–H groups in total. The summed E-state index contributed by atoms with van der Waals surface area (Å²) in [6, 6.07) is 8.50. The first-order valence-corrected chi connectivity index (χ1v) is 7.70. The number of carbonyl (C=O) groups is 1. The summed E-state index contributed by atoms with van der Waals surface area (Å²) >= 11 is 0. The SMILES string of the molecule is Cc1noc(C)c1C(=O)NCCN1CCCc2ccccc21. The van der Waals surface area contributed by atoms with Gasteiger partial charge in [-0.2, -0.15) is 0 Å². The molecule has 0 saturated heterocycles. The van der Waals surface area contributed by atoms with Crippen LogP contribution in [0.25, 0.3) is 0 Å². The van der Waals surface area contributed by atoms with Crippen LogP contribution in [0.15, 0.2) is 28.8 Å². The van der Waals surface area contributed by atoms with Gasteiger partial charge in [-0.05, 0) is 38.3 Å². The molecule has 2 heterocycles. The summed E-state index contributed by atoms with van der Waals surface area (Å²) in [6.07, 6.45) is 2.30. The smallest absolute Gasteiger partial charge is 0.256 e. The first-order valence-electron chi connectivity index (χ1n) is 7.70. The molecule has 0 fully saturated rings. The number of fused-ring (bicyclic) bond motifs is 1. The van der Waals surface area contributed by atoms with Crippen molar-refractivity contribution in [2.75, 3.05) is 24.5 Å². The third-order valence-electron chi connectivity index (χ3n) is 4.13. The predicted molar refractivity (Wildman–Crippen MR) is 85.3 cm³/mol. The van der Waals surface area contributed by atoms with E-state index in [2.05, 4.69) is 39.6 Å². The standard InChI is InChI=1S/C17H21N3O2/c1-12-16(13(2)22-19-12)17(21)18-9-11-20-10-5-7-14-6-3-4-8-15(14)20/h3-4,6,8H,5,7,9-11H2,1-2H3,(H,18,21). The van der Waals surface area contributed by atoms with Gasteiger partial charge in [0.05, 0.1) is 5.69 Å². The largest absolute Gasteiger partial charge is 0.370 e. The molecule has 22 heavy (non-hydrogen) atoms. The third-order valence-corrected chi connectivity index (χ3v) is 4.13. The van der Waals surface area contributed by atoms with E-state index in [9.17, 15) is 4.79 Å². The van der Waals surface area contributed by atoms with Gasteiger partial charge in [0.25, 0.3) is 5.91 Å². The fourth-order valence-corrected chi connectivity index (χ4v) is 3.04. The van der Waals surface area contributed by atoms with Crippen LogP contribution in [0, 0.1) is 13.8 Å². The molecule has 1 aromatic carbocycles. The van der Waals surface area contributed by atoms with Crippen molar-refractivity contribution in [2.24, 2.45) is 0 Å². The zero-order chi connectivity index (χ0) is 15.5. The van der Waals surface area contributed by atoms with Crippen LogP contribution in [0.4, 0.5) is 5.69 Å². The van der Waals surface area contributed by atoms with Gasteiger partial charge in [-0.3, -0.25) is 4.79 Å². The molecule has 116 valence electrons. The van der Waals surface area contributed by atoms with E-state index >= 15 is 0 Å². The summed E-state index contributed by atoms with van der Waals surface area (Å²) in [6.45, 7) is 6.00. The van der Waals surface area contributed by atoms with E-state index in [4.69, 9.17) is 4.52 Å². The maximum atomic E-state index is 12.2. The van der Waals surface area contributed by atoms with E-state index < -0.39 is 0 Å². The summed E-state index contributed by atoms with van der Waals surface area (Å²) in [7, 11) is 0. The highest BCUT2D eigenvalue weighted by molar-refractivity contribution is 5.96. The van der Waals surface area contributed by atoms with Crippen LogP contribution in [0.3, 0.4) is 0 Å². The second-order valence-corrected chi connectivity index (χ2v) is 5.67. The Bertz CT molecular complexity index is 659. The summed E-state index contributed by atoms with van der Waals surface area (Å²) in [5.41, 5.74) is 3.88. The van der Waals surface area contributed by atoms with Gasteiger partial charge in [-0.15, -0.1) is 0 Å². The monoisotopic (exact) mass is 299 g/mol. The maximum Gasteiger partial charge on any atom is 0.256 e. The molecule has 1 aromatic heterocycles. The van der Waals surface area contributed by atoms with Crippen molar-refractivity contribution in [1.29, 1.82) is 0 Å². The second kappa shape index (κ2) is 6.22. The number of rotatable bonds is 4. The summed E-state index contributed by atoms with van der Waals surface area (Å²) in [5.74, 6) is 0.458. The minimum absolute atomic E-state index is 0.110. The average molecular weight is 299 g/mol. The van der Waals surface area contributed by atoms with E-state index in [1.54, 1.807) is 13.8 Å². The van der Waals surface area contributed by atoms with Crippen molar-refractivity contribution in [3.05, 3.63) is 46.8 Å². The topological polar surface area (TPSA) is 58.4 Å². The number of hydrogen-bond acceptors (Lipinski definition) is 4. The first-order chi connectivity index (χ1) is 10.7. The zero-order valence-electron chi connectivity index (χ0n) is 13.1. The molecule has 0 aliphatic carbocycles. The fourth-order valence-electron chi connectivity index (χ4n) is 3.04. The van der Waals surface area contributed by atoms with Crippen molar-refractivity contribution < 1.29 is 9.32 Å². The molecule has 5 heteroatoms. The Morgan fingerprint density at radius 2 is 2.18 bits per heavy atom. The Morgan fingerprint density at radius 1 is 1.36 bits per heavy atom. The van der Waals surface area contributed by atoms with Gasteiger partial charge in [-0.1, -0.05) is 23.4 Å². The van der Waals surface area contributed by atoms with Crippen LogP contribution < -0.4 is 10.2 Å². The van der Waals surface area contributed by atoms with Gasteiger partial charge in [0, 0.05) is 25.3 Å². The molecule has 0 bridgehead atoms. The van der Waals surface area contributed by atoms with Crippen LogP contribution in [0.2, 0.25) is 0 Å². The summed E-state index contributed by atoms with van der Waals surface area (Å²) in [5, 5.41) is 6.78. The van der Waals surface area contributed by atoms with Crippen LogP contribution in [0.5, 0.6) is 0 Å². The normalized spacial score (nSPS) is 13.8. The number of para-hydroxylation sites is 1. The molecule has 0 saturated carbocycles. The average Bonchev–Trinajstić information content (AvgIpc) is 2.86. The highest BCUT2D eigenvalue weighted by Gasteiger charge is 2.19. The predicted octanol–water partition coefficient (Wildman–Crippen LogP) is 2.47. The molecule has 0 spiro atoms. The van der Waals surface area contributed by atoms with Gasteiger partial charge < -0.3 is 14.7 Å². The highest BCUT2D eigenvalue weighted by atomic mass is 16.5. The minimum atomic E-state index is -0.110. The molecular weight excluding hydrogens is 278 g/mol. The molecular formula is C17H21N3O2. The fraction of sp³-hybridized carbons (Fsp3) is 0.412. The Labute approximate surface area is 130 Å². The van der Waals surface area contributed by atoms with Crippen molar-refractivity contribution in [1.82, 2.24) is 10.5 Å². The number of benzene rings is 1. The van der Waals surface area contributed by atoms with Crippen molar-refractivity contribution in [3.63, 3.8) is 0 Å². The van der Waals surface area contributed by atoms with E-state index in [0.29, 0.717) is 23.6 Å². The van der Waals surface area contributed by atoms with Crippen LogP contribution in [0.1, 0.15) is 33.8 Å². The molecule has 1 aliphatic rings. The number of nitrogens with one attached hydrogen (secondary N) is 1. The summed E-state index contributed by atoms with van der Waals surface area (Å²) < 4.78 is 5.04. The van der Waals surface area contributed by atoms with E-state index in [1.807, 2.05) is 0 Å². The molecule has 3 rings (SSSR count). The molecule has 0 unspecified atom stereocenters. The second-order valence-electron chi connectivity index (χ2n) is 5.67. The van der Waals surface area contributed by atoms with Gasteiger partial charge in [0.2, 0.25) is 0 Å². The maximum absolute atomic E-state index is 12.2. The minimum Gasteiger partial charge on any atom is -0.370 e. The molecule has 5 nitrogen and oxygen atoms in total. The van der Waals surface area contributed by atoms with Gasteiger partial charge in [0.15, 0.2) is 0 Å². The van der Waals surface area contributed by atoms with Gasteiger partial charge >= 0.3 is 0 Å². The lowest BCUT2D eigenvalue weighted by molar-refractivity contribution is 0.0952. The van der Waals surface area contributed by atoms with E-state index in [-0.39, 0.29) is 5.91 Å². The molecule has 1 amide bonds. The van der Waals surface area contributed by atoms with E-state index in [1.165, 1.54) is 11.3 Å². The first kappa shape index (κ1) is 14.6. The lowest BCUT2D eigenvalue weighted by Gasteiger charge is -2.31. The molecule has 0 radical (unpaired) electrons. The number of nitrogens with zero attached hydrogens (tertiary/aromatic N) is 2. The van der Waals surface area contributed by atoms with E-state index in [0.717, 1.165) is 25.9 Å². The lowest BCUT2D eigenvalue weighted by Crippen LogP contribution is -2.37. The Morgan fingerprint density at radius 3 is 2.95 bits per heavy atom. The number of aromatic nitrogens is 1. The molecule has 0 atom stereocenters. The number of aryl methyl sites for hydroxylation is 3. The van der Waals surface area contributed by atoms with Crippen LogP contribution in [-0.4, -0.2) is 30.7 Å².